The van der Waals surface area contributed by atoms with Crippen LogP contribution in [0.2, 0.25) is 10.0 Å². The molecule has 4 fully saturated rings. The Morgan fingerprint density at radius 2 is 1.45 bits per heavy atom. The summed E-state index contributed by atoms with van der Waals surface area (Å²) in [4.78, 5) is 19.2. The van der Waals surface area contributed by atoms with Crippen LogP contribution in [-0.4, -0.2) is 92.0 Å². The monoisotopic (exact) mass is 726 g/mol. The first kappa shape index (κ1) is 33.1. The van der Waals surface area contributed by atoms with Crippen LogP contribution in [0.4, 0.5) is 0 Å². The minimum Gasteiger partial charge on any atom is -0.493 e. The average molecular weight is 728 g/mol. The van der Waals surface area contributed by atoms with Gasteiger partial charge in [-0.25, -0.2) is 9.97 Å². The smallest absolute Gasteiger partial charge is 0.218 e. The second kappa shape index (κ2) is 12.4. The number of halogens is 2. The van der Waals surface area contributed by atoms with Crippen LogP contribution < -0.4 is 9.47 Å². The van der Waals surface area contributed by atoms with Crippen LogP contribution in [0.1, 0.15) is 36.9 Å². The van der Waals surface area contributed by atoms with E-state index in [1.807, 2.05) is 53.2 Å². The lowest BCUT2D eigenvalue weighted by atomic mass is 9.62. The zero-order chi connectivity index (χ0) is 35.1. The number of likely N-dealkylation sites (tertiary alicyclic amines) is 2. The summed E-state index contributed by atoms with van der Waals surface area (Å²) < 4.78 is 13.5. The van der Waals surface area contributed by atoms with E-state index in [1.165, 1.54) is 0 Å². The molecule has 6 heterocycles. The van der Waals surface area contributed by atoms with Crippen molar-refractivity contribution in [1.82, 2.24) is 29.2 Å². The molecule has 0 radical (unpaired) electrons. The fourth-order valence-electron chi connectivity index (χ4n) is 9.08. The van der Waals surface area contributed by atoms with Gasteiger partial charge in [0.1, 0.15) is 0 Å². The third-order valence-corrected chi connectivity index (χ3v) is 12.1. The zero-order valence-corrected chi connectivity index (χ0v) is 30.2. The Labute approximate surface area is 306 Å². The summed E-state index contributed by atoms with van der Waals surface area (Å²) in [6.07, 6.45) is 9.09. The van der Waals surface area contributed by atoms with Crippen molar-refractivity contribution in [3.05, 3.63) is 82.4 Å². The number of hydrogen-bond donors (Lipinski definition) is 2. The number of imidazole rings is 1. The molecule has 2 N–H and O–H groups in total. The summed E-state index contributed by atoms with van der Waals surface area (Å²) in [6, 6.07) is 13.7. The number of rotatable bonds is 9. The molecule has 51 heavy (non-hydrogen) atoms. The third-order valence-electron chi connectivity index (χ3n) is 11.3. The molecule has 9 rings (SSSR count). The van der Waals surface area contributed by atoms with Crippen LogP contribution in [0.3, 0.4) is 0 Å². The van der Waals surface area contributed by atoms with Crippen LogP contribution in [0.15, 0.2) is 61.1 Å². The zero-order valence-electron chi connectivity index (χ0n) is 28.6. The van der Waals surface area contributed by atoms with Gasteiger partial charge in [-0.15, -0.1) is 0 Å². The number of aliphatic hydroxyl groups excluding tert-OH is 2. The Bertz CT molecular complexity index is 2150. The lowest BCUT2D eigenvalue weighted by Gasteiger charge is -2.58. The number of methoxy groups -OCH3 is 2. The maximum Gasteiger partial charge on any atom is 0.218 e. The lowest BCUT2D eigenvalue weighted by molar-refractivity contribution is -0.131. The van der Waals surface area contributed by atoms with E-state index in [-0.39, 0.29) is 12.2 Å². The number of ether oxygens (including phenoxy) is 2. The van der Waals surface area contributed by atoms with Gasteiger partial charge in [0, 0.05) is 96.5 Å². The molecule has 2 aliphatic heterocycles. The number of aliphatic hydroxyl groups is 2. The van der Waals surface area contributed by atoms with E-state index >= 15 is 0 Å². The minimum absolute atomic E-state index is 0.138. The summed E-state index contributed by atoms with van der Waals surface area (Å²) in [7, 11) is 3.29. The van der Waals surface area contributed by atoms with E-state index in [0.29, 0.717) is 43.9 Å². The van der Waals surface area contributed by atoms with Crippen LogP contribution in [-0.2, 0) is 13.1 Å². The minimum atomic E-state index is -0.140. The number of benzene rings is 1. The summed E-state index contributed by atoms with van der Waals surface area (Å²) in [5, 5.41) is 20.5. The van der Waals surface area contributed by atoms with E-state index < -0.39 is 0 Å². The highest BCUT2D eigenvalue weighted by Gasteiger charge is 2.52. The highest BCUT2D eigenvalue weighted by atomic mass is 35.5. The molecule has 0 bridgehead atoms. The second-order valence-corrected chi connectivity index (χ2v) is 16.0. The van der Waals surface area contributed by atoms with Gasteiger partial charge in [-0.1, -0.05) is 47.5 Å². The lowest BCUT2D eigenvalue weighted by Crippen LogP contribution is -2.63. The predicted octanol–water partition coefficient (Wildman–Crippen LogP) is 6.36. The largest absolute Gasteiger partial charge is 0.493 e. The number of hydrogen-bond acceptors (Lipinski definition) is 9. The van der Waals surface area contributed by atoms with Crippen molar-refractivity contribution in [1.29, 1.82) is 0 Å². The summed E-state index contributed by atoms with van der Waals surface area (Å²) >= 11 is 14.3. The molecule has 12 heteroatoms. The Morgan fingerprint density at radius 1 is 0.784 bits per heavy atom. The first-order valence-corrected chi connectivity index (χ1v) is 18.2. The molecule has 0 atom stereocenters. The van der Waals surface area contributed by atoms with Gasteiger partial charge in [-0.2, -0.15) is 0 Å². The summed E-state index contributed by atoms with van der Waals surface area (Å²) in [6.45, 7) is 5.48. The Hall–Kier alpha value is -3.77. The maximum absolute atomic E-state index is 9.77. The highest BCUT2D eigenvalue weighted by Crippen LogP contribution is 2.50. The van der Waals surface area contributed by atoms with Gasteiger partial charge in [0.25, 0.3) is 0 Å². The van der Waals surface area contributed by atoms with Crippen LogP contribution in [0.5, 0.6) is 11.6 Å². The number of nitrogens with zero attached hydrogens (tertiary/aromatic N) is 6. The van der Waals surface area contributed by atoms with Gasteiger partial charge in [0.05, 0.1) is 53.6 Å². The molecule has 0 unspecified atom stereocenters. The van der Waals surface area contributed by atoms with E-state index in [4.69, 9.17) is 47.6 Å². The van der Waals surface area contributed by atoms with Gasteiger partial charge >= 0.3 is 0 Å². The molecule has 0 amide bonds. The fraction of sp³-hybridized carbons (Fsp3) is 0.410. The van der Waals surface area contributed by atoms with E-state index in [9.17, 15) is 10.2 Å². The van der Waals surface area contributed by atoms with Crippen molar-refractivity contribution < 1.29 is 19.7 Å². The number of aromatic nitrogens is 4. The molecule has 5 aromatic rings. The van der Waals surface area contributed by atoms with Crippen LogP contribution in [0, 0.1) is 10.8 Å². The molecule has 4 aromatic heterocycles. The average Bonchev–Trinajstić information content (AvgIpc) is 3.48. The molecular weight excluding hydrogens is 687 g/mol. The standard InChI is InChI=1S/C39H40Cl2N6O4/c1-50-32-10-24(16-47-18-25(43-36(32)47)17-46-21-39(22-46)13-27(49)14-39)35-34(41)29(8-9-42-35)28-4-3-5-30(33(28)40)31-7-6-23(37(44-31)51-2)15-45-19-38(20-45)11-26(48)12-38/h3-10,16,18,26-27,48-49H,11-15,17,19-22H2,1-2H3. The SMILES string of the molecule is COc1nc(-c2cccc(-c3ccnc(-c4cc(OC)c5nc(CN6CC7(CC(O)C7)C6)cn5c4)c3Cl)c2Cl)ccc1CN1CC2(CC(O)C2)C1. The van der Waals surface area contributed by atoms with E-state index in [2.05, 4.69) is 15.9 Å². The van der Waals surface area contributed by atoms with Crippen molar-refractivity contribution in [3.8, 4) is 45.3 Å². The normalized spacial score (nSPS) is 19.9. The number of pyridine rings is 3. The molecular formula is C39H40Cl2N6O4. The molecule has 4 aliphatic rings. The van der Waals surface area contributed by atoms with E-state index in [0.717, 1.165) is 104 Å². The Balaban J connectivity index is 0.975. The predicted molar refractivity (Wildman–Crippen MR) is 196 cm³/mol. The topological polar surface area (TPSA) is 108 Å². The molecule has 2 saturated carbocycles. The Kier molecular flexibility index (Phi) is 8.06. The van der Waals surface area contributed by atoms with Gasteiger partial charge in [-0.05, 0) is 43.9 Å². The van der Waals surface area contributed by atoms with Crippen LogP contribution in [0.25, 0.3) is 39.3 Å². The third kappa shape index (κ3) is 5.77. The van der Waals surface area contributed by atoms with Crippen molar-refractivity contribution in [2.75, 3.05) is 40.4 Å². The van der Waals surface area contributed by atoms with Gasteiger partial charge in [0.2, 0.25) is 5.88 Å². The van der Waals surface area contributed by atoms with Crippen molar-refractivity contribution in [2.45, 2.75) is 51.0 Å². The molecule has 2 aliphatic carbocycles. The quantitative estimate of drug-likeness (QED) is 0.179. The maximum atomic E-state index is 9.77. The van der Waals surface area contributed by atoms with Gasteiger partial charge < -0.3 is 24.1 Å². The van der Waals surface area contributed by atoms with Gasteiger partial charge in [0.15, 0.2) is 11.4 Å². The van der Waals surface area contributed by atoms with Gasteiger partial charge in [-0.3, -0.25) is 14.8 Å². The molecule has 2 spiro atoms. The van der Waals surface area contributed by atoms with Crippen molar-refractivity contribution >= 4 is 28.8 Å². The van der Waals surface area contributed by atoms with Crippen LogP contribution >= 0.6 is 23.2 Å². The van der Waals surface area contributed by atoms with E-state index in [1.54, 1.807) is 20.4 Å². The molecule has 10 nitrogen and oxygen atoms in total. The number of fused-ring (bicyclic) bond motifs is 1. The molecule has 2 saturated heterocycles. The Morgan fingerprint density at radius 3 is 2.12 bits per heavy atom. The highest BCUT2D eigenvalue weighted by molar-refractivity contribution is 6.39. The van der Waals surface area contributed by atoms with Crippen molar-refractivity contribution in [3.63, 3.8) is 0 Å². The first-order valence-electron chi connectivity index (χ1n) is 17.5. The second-order valence-electron chi connectivity index (χ2n) is 15.2. The summed E-state index contributed by atoms with van der Waals surface area (Å²) in [5.74, 6) is 1.20. The fourth-order valence-corrected chi connectivity index (χ4v) is 9.72. The first-order chi connectivity index (χ1) is 24.6. The molecule has 264 valence electrons. The summed E-state index contributed by atoms with van der Waals surface area (Å²) in [5.41, 5.74) is 7.70. The molecule has 1 aromatic carbocycles. The van der Waals surface area contributed by atoms with Crippen molar-refractivity contribution in [2.24, 2.45) is 10.8 Å².